The Balaban J connectivity index is 2.66. The minimum absolute atomic E-state index is 0.0615. The number of methoxy groups -OCH3 is 1. The van der Waals surface area contributed by atoms with Gasteiger partial charge in [0.15, 0.2) is 6.61 Å². The molecule has 0 spiro atoms. The number of benzene rings is 1. The van der Waals surface area contributed by atoms with E-state index in [4.69, 9.17) is 21.1 Å². The Morgan fingerprint density at radius 3 is 2.68 bits per heavy atom. The van der Waals surface area contributed by atoms with Crippen LogP contribution in [0, 0.1) is 0 Å². The zero-order chi connectivity index (χ0) is 14.3. The van der Waals surface area contributed by atoms with Crippen molar-refractivity contribution >= 4 is 11.6 Å². The number of rotatable bonds is 7. The lowest BCUT2D eigenvalue weighted by molar-refractivity contribution is -0.153. The number of halogens is 4. The van der Waals surface area contributed by atoms with Gasteiger partial charge in [0.2, 0.25) is 0 Å². The summed E-state index contributed by atoms with van der Waals surface area (Å²) >= 11 is 5.85. The zero-order valence-corrected chi connectivity index (χ0v) is 11.1. The summed E-state index contributed by atoms with van der Waals surface area (Å²) in [4.78, 5) is 0. The standard InChI is InChI=1S/C12H15ClF3NO2/c1-18-6-5-17-7-9-3-2-4-10(13)11(9)19-8-12(14,15)16/h2-4,17H,5-8H2,1H3. The zero-order valence-electron chi connectivity index (χ0n) is 10.4. The van der Waals surface area contributed by atoms with Crippen LogP contribution in [0.2, 0.25) is 5.02 Å². The van der Waals surface area contributed by atoms with E-state index in [0.29, 0.717) is 25.3 Å². The highest BCUT2D eigenvalue weighted by molar-refractivity contribution is 6.32. The van der Waals surface area contributed by atoms with Gasteiger partial charge in [-0.3, -0.25) is 0 Å². The molecule has 0 aliphatic heterocycles. The summed E-state index contributed by atoms with van der Waals surface area (Å²) in [5, 5.41) is 3.18. The number of hydrogen-bond donors (Lipinski definition) is 1. The molecule has 0 heterocycles. The van der Waals surface area contributed by atoms with Crippen LogP contribution in [0.5, 0.6) is 5.75 Å². The topological polar surface area (TPSA) is 30.5 Å². The lowest BCUT2D eigenvalue weighted by Crippen LogP contribution is -2.22. The third-order valence-electron chi connectivity index (χ3n) is 2.23. The molecular weight excluding hydrogens is 283 g/mol. The van der Waals surface area contributed by atoms with Gasteiger partial charge in [0.25, 0.3) is 0 Å². The minimum atomic E-state index is -4.39. The Bertz CT molecular complexity index is 399. The maximum absolute atomic E-state index is 12.2. The molecule has 19 heavy (non-hydrogen) atoms. The monoisotopic (exact) mass is 297 g/mol. The summed E-state index contributed by atoms with van der Waals surface area (Å²) in [5.41, 5.74) is 0.577. The number of para-hydroxylation sites is 1. The Kier molecular flexibility index (Phi) is 6.41. The second kappa shape index (κ2) is 7.57. The molecule has 0 saturated heterocycles. The molecule has 0 fully saturated rings. The molecule has 108 valence electrons. The summed E-state index contributed by atoms with van der Waals surface area (Å²) < 4.78 is 46.1. The fourth-order valence-corrected chi connectivity index (χ4v) is 1.65. The summed E-state index contributed by atoms with van der Waals surface area (Å²) in [6, 6.07) is 4.82. The van der Waals surface area contributed by atoms with Gasteiger partial charge in [0.1, 0.15) is 5.75 Å². The quantitative estimate of drug-likeness (QED) is 0.785. The molecule has 7 heteroatoms. The van der Waals surface area contributed by atoms with Crippen LogP contribution in [0.4, 0.5) is 13.2 Å². The van der Waals surface area contributed by atoms with E-state index in [-0.39, 0.29) is 10.8 Å². The van der Waals surface area contributed by atoms with Gasteiger partial charge in [-0.1, -0.05) is 23.7 Å². The van der Waals surface area contributed by atoms with Gasteiger partial charge < -0.3 is 14.8 Å². The van der Waals surface area contributed by atoms with Crippen molar-refractivity contribution in [3.63, 3.8) is 0 Å². The smallest absolute Gasteiger partial charge is 0.422 e. The minimum Gasteiger partial charge on any atom is -0.482 e. The largest absolute Gasteiger partial charge is 0.482 e. The van der Waals surface area contributed by atoms with Crippen LogP contribution in [0.25, 0.3) is 0 Å². The predicted molar refractivity (Wildman–Crippen MR) is 66.6 cm³/mol. The Labute approximate surface area is 114 Å². The second-order valence-electron chi connectivity index (χ2n) is 3.80. The molecule has 1 rings (SSSR count). The normalized spacial score (nSPS) is 11.6. The van der Waals surface area contributed by atoms with E-state index in [1.165, 1.54) is 6.07 Å². The van der Waals surface area contributed by atoms with Gasteiger partial charge in [-0.2, -0.15) is 13.2 Å². The molecule has 0 aliphatic carbocycles. The Morgan fingerprint density at radius 2 is 2.05 bits per heavy atom. The lowest BCUT2D eigenvalue weighted by atomic mass is 10.2. The molecule has 0 atom stereocenters. The average molecular weight is 298 g/mol. The summed E-state index contributed by atoms with van der Waals surface area (Å²) in [5.74, 6) is 0.0615. The first kappa shape index (κ1) is 16.1. The van der Waals surface area contributed by atoms with Crippen molar-refractivity contribution in [1.29, 1.82) is 0 Å². The molecule has 0 bridgehead atoms. The van der Waals surface area contributed by atoms with Crippen molar-refractivity contribution in [2.45, 2.75) is 12.7 Å². The highest BCUT2D eigenvalue weighted by Crippen LogP contribution is 2.30. The number of ether oxygens (including phenoxy) is 2. The van der Waals surface area contributed by atoms with Crippen LogP contribution in [-0.2, 0) is 11.3 Å². The molecule has 3 nitrogen and oxygen atoms in total. The maximum atomic E-state index is 12.2. The summed E-state index contributed by atoms with van der Waals surface area (Å²) in [6.45, 7) is 0.0972. The number of alkyl halides is 3. The molecule has 1 aromatic carbocycles. The molecule has 0 radical (unpaired) electrons. The molecule has 0 amide bonds. The molecule has 0 unspecified atom stereocenters. The van der Waals surface area contributed by atoms with Gasteiger partial charge in [0.05, 0.1) is 11.6 Å². The van der Waals surface area contributed by atoms with E-state index >= 15 is 0 Å². The van der Waals surface area contributed by atoms with Crippen LogP contribution >= 0.6 is 11.6 Å². The molecule has 1 N–H and O–H groups in total. The first-order valence-corrected chi connectivity index (χ1v) is 5.98. The van der Waals surface area contributed by atoms with E-state index < -0.39 is 12.8 Å². The summed E-state index contributed by atoms with van der Waals surface area (Å²) in [7, 11) is 1.57. The van der Waals surface area contributed by atoms with Gasteiger partial charge in [0, 0.05) is 25.8 Å². The van der Waals surface area contributed by atoms with Crippen LogP contribution in [0.1, 0.15) is 5.56 Å². The van der Waals surface area contributed by atoms with Crippen molar-refractivity contribution in [2.75, 3.05) is 26.9 Å². The van der Waals surface area contributed by atoms with Crippen molar-refractivity contribution in [3.8, 4) is 5.75 Å². The molecule has 1 aromatic rings. The molecular formula is C12H15ClF3NO2. The number of nitrogens with one attached hydrogen (secondary N) is 1. The van der Waals surface area contributed by atoms with Crippen molar-refractivity contribution in [2.24, 2.45) is 0 Å². The van der Waals surface area contributed by atoms with Crippen molar-refractivity contribution in [1.82, 2.24) is 5.32 Å². The first-order chi connectivity index (χ1) is 8.94. The fraction of sp³-hybridized carbons (Fsp3) is 0.500. The second-order valence-corrected chi connectivity index (χ2v) is 4.21. The first-order valence-electron chi connectivity index (χ1n) is 5.60. The van der Waals surface area contributed by atoms with Crippen LogP contribution in [-0.4, -0.2) is 33.0 Å². The van der Waals surface area contributed by atoms with E-state index in [2.05, 4.69) is 5.32 Å². The van der Waals surface area contributed by atoms with E-state index in [9.17, 15) is 13.2 Å². The molecule has 0 saturated carbocycles. The van der Waals surface area contributed by atoms with E-state index in [0.717, 1.165) is 0 Å². The van der Waals surface area contributed by atoms with Gasteiger partial charge in [-0.25, -0.2) is 0 Å². The highest BCUT2D eigenvalue weighted by atomic mass is 35.5. The lowest BCUT2D eigenvalue weighted by Gasteiger charge is -2.15. The Hall–Kier alpha value is -0.980. The number of hydrogen-bond acceptors (Lipinski definition) is 3. The van der Waals surface area contributed by atoms with Crippen molar-refractivity contribution < 1.29 is 22.6 Å². The van der Waals surface area contributed by atoms with Gasteiger partial charge in [-0.15, -0.1) is 0 Å². The fourth-order valence-electron chi connectivity index (χ4n) is 1.41. The van der Waals surface area contributed by atoms with Crippen molar-refractivity contribution in [3.05, 3.63) is 28.8 Å². The predicted octanol–water partition coefficient (Wildman–Crippen LogP) is 3.02. The van der Waals surface area contributed by atoms with E-state index in [1.54, 1.807) is 19.2 Å². The van der Waals surface area contributed by atoms with Crippen LogP contribution in [0.3, 0.4) is 0 Å². The third kappa shape index (κ3) is 6.13. The molecule has 0 aromatic heterocycles. The van der Waals surface area contributed by atoms with Gasteiger partial charge in [-0.05, 0) is 6.07 Å². The van der Waals surface area contributed by atoms with Crippen LogP contribution in [0.15, 0.2) is 18.2 Å². The average Bonchev–Trinajstić information content (AvgIpc) is 2.32. The highest BCUT2D eigenvalue weighted by Gasteiger charge is 2.29. The maximum Gasteiger partial charge on any atom is 0.422 e. The van der Waals surface area contributed by atoms with E-state index in [1.807, 2.05) is 0 Å². The summed E-state index contributed by atoms with van der Waals surface area (Å²) in [6.07, 6.45) is -4.39. The SMILES string of the molecule is COCCNCc1cccc(Cl)c1OCC(F)(F)F. The van der Waals surface area contributed by atoms with Crippen LogP contribution < -0.4 is 10.1 Å². The Morgan fingerprint density at radius 1 is 1.32 bits per heavy atom. The molecule has 0 aliphatic rings. The van der Waals surface area contributed by atoms with Gasteiger partial charge >= 0.3 is 6.18 Å². The third-order valence-corrected chi connectivity index (χ3v) is 2.52.